The first-order valence-electron chi connectivity index (χ1n) is 6.69. The van der Waals surface area contributed by atoms with Crippen molar-refractivity contribution in [3.63, 3.8) is 0 Å². The zero-order valence-corrected chi connectivity index (χ0v) is 11.2. The predicted molar refractivity (Wildman–Crippen MR) is 75.8 cm³/mol. The summed E-state index contributed by atoms with van der Waals surface area (Å²) in [7, 11) is 0. The minimum Gasteiger partial charge on any atom is -0.373 e. The Morgan fingerprint density at radius 3 is 2.76 bits per heavy atom. The van der Waals surface area contributed by atoms with Crippen LogP contribution in [0.4, 0.5) is 14.5 Å². The van der Waals surface area contributed by atoms with Gasteiger partial charge in [0, 0.05) is 18.7 Å². The first-order valence-corrected chi connectivity index (χ1v) is 6.69. The summed E-state index contributed by atoms with van der Waals surface area (Å²) in [5, 5.41) is 5.88. The molecule has 21 heavy (non-hydrogen) atoms. The summed E-state index contributed by atoms with van der Waals surface area (Å²) in [5.41, 5.74) is 2.59. The van der Waals surface area contributed by atoms with E-state index >= 15 is 0 Å². The van der Waals surface area contributed by atoms with Crippen molar-refractivity contribution in [2.45, 2.75) is 19.0 Å². The molecule has 108 valence electrons. The van der Waals surface area contributed by atoms with E-state index in [0.29, 0.717) is 12.0 Å². The normalized spacial score (nSPS) is 16.2. The molecule has 0 saturated carbocycles. The van der Waals surface area contributed by atoms with Gasteiger partial charge in [0.1, 0.15) is 6.04 Å². The Labute approximate surface area is 121 Å². The fourth-order valence-corrected chi connectivity index (χ4v) is 2.42. The van der Waals surface area contributed by atoms with Crippen LogP contribution in [0.2, 0.25) is 0 Å². The van der Waals surface area contributed by atoms with Crippen LogP contribution in [0.1, 0.15) is 11.1 Å². The summed E-state index contributed by atoms with van der Waals surface area (Å²) in [5.74, 6) is -1.96. The minimum absolute atomic E-state index is 0.157. The van der Waals surface area contributed by atoms with Crippen LogP contribution in [0.5, 0.6) is 0 Å². The molecule has 1 aliphatic heterocycles. The topological polar surface area (TPSA) is 41.1 Å². The third-order valence-electron chi connectivity index (χ3n) is 3.54. The Hall–Kier alpha value is -2.43. The summed E-state index contributed by atoms with van der Waals surface area (Å²) >= 11 is 0. The summed E-state index contributed by atoms with van der Waals surface area (Å²) < 4.78 is 25.9. The second-order valence-corrected chi connectivity index (χ2v) is 5.02. The number of hydrogen-bond donors (Lipinski definition) is 2. The second-order valence-electron chi connectivity index (χ2n) is 5.02. The molecule has 0 spiro atoms. The maximum atomic E-state index is 13.1. The lowest BCUT2D eigenvalue weighted by Gasteiger charge is -2.12. The highest BCUT2D eigenvalue weighted by Crippen LogP contribution is 2.25. The van der Waals surface area contributed by atoms with E-state index in [2.05, 4.69) is 10.6 Å². The molecular formula is C16H14F2N2O. The molecule has 3 nitrogen and oxygen atoms in total. The quantitative estimate of drug-likeness (QED) is 0.911. The average molecular weight is 288 g/mol. The molecule has 1 heterocycles. The van der Waals surface area contributed by atoms with Crippen LogP contribution < -0.4 is 10.6 Å². The monoisotopic (exact) mass is 288 g/mol. The van der Waals surface area contributed by atoms with E-state index in [4.69, 9.17) is 0 Å². The van der Waals surface area contributed by atoms with Crippen LogP contribution in [0.3, 0.4) is 0 Å². The Kier molecular flexibility index (Phi) is 3.56. The Morgan fingerprint density at radius 1 is 1.19 bits per heavy atom. The van der Waals surface area contributed by atoms with E-state index in [0.717, 1.165) is 23.4 Å². The van der Waals surface area contributed by atoms with Crippen molar-refractivity contribution < 1.29 is 13.6 Å². The molecule has 0 bridgehead atoms. The van der Waals surface area contributed by atoms with Gasteiger partial charge < -0.3 is 10.6 Å². The molecule has 0 unspecified atom stereocenters. The lowest BCUT2D eigenvalue weighted by molar-refractivity contribution is -0.121. The van der Waals surface area contributed by atoms with Gasteiger partial charge in [0.05, 0.1) is 0 Å². The number of carbonyl (C=O) groups is 1. The molecule has 2 N–H and O–H groups in total. The van der Waals surface area contributed by atoms with E-state index < -0.39 is 11.6 Å². The Morgan fingerprint density at radius 2 is 2.00 bits per heavy atom. The number of halogens is 2. The van der Waals surface area contributed by atoms with Crippen LogP contribution in [0, 0.1) is 11.6 Å². The third kappa shape index (κ3) is 2.86. The molecule has 0 aliphatic carbocycles. The molecule has 3 rings (SSSR count). The van der Waals surface area contributed by atoms with Crippen molar-refractivity contribution in [3.8, 4) is 0 Å². The van der Waals surface area contributed by atoms with Crippen LogP contribution in [0.25, 0.3) is 0 Å². The minimum atomic E-state index is -0.909. The van der Waals surface area contributed by atoms with Gasteiger partial charge >= 0.3 is 0 Å². The van der Waals surface area contributed by atoms with E-state index in [1.54, 1.807) is 0 Å². The highest BCUT2D eigenvalue weighted by molar-refractivity contribution is 5.87. The largest absolute Gasteiger partial charge is 0.373 e. The molecule has 0 saturated heterocycles. The van der Waals surface area contributed by atoms with Gasteiger partial charge in [-0.2, -0.15) is 0 Å². The molecule has 0 aromatic heterocycles. The number of carbonyl (C=O) groups excluding carboxylic acids is 1. The number of benzene rings is 2. The highest BCUT2D eigenvalue weighted by atomic mass is 19.2. The standard InChI is InChI=1S/C16H14F2N2O/c17-12-6-5-10(7-13(12)18)9-19-16(21)15-8-11-3-1-2-4-14(11)20-15/h1-7,15,20H,8-9H2,(H,19,21)/t15-/m0/s1. The van der Waals surface area contributed by atoms with Crippen LogP contribution in [0.15, 0.2) is 42.5 Å². The maximum absolute atomic E-state index is 13.1. The van der Waals surface area contributed by atoms with Crippen molar-refractivity contribution in [3.05, 3.63) is 65.2 Å². The van der Waals surface area contributed by atoms with Gasteiger partial charge in [-0.1, -0.05) is 24.3 Å². The number of hydrogen-bond acceptors (Lipinski definition) is 2. The van der Waals surface area contributed by atoms with Gasteiger partial charge in [-0.3, -0.25) is 4.79 Å². The molecule has 1 amide bonds. The van der Waals surface area contributed by atoms with Gasteiger partial charge in [0.25, 0.3) is 0 Å². The number of rotatable bonds is 3. The van der Waals surface area contributed by atoms with E-state index in [9.17, 15) is 13.6 Å². The number of para-hydroxylation sites is 1. The fraction of sp³-hybridized carbons (Fsp3) is 0.188. The zero-order chi connectivity index (χ0) is 14.8. The first-order chi connectivity index (χ1) is 10.1. The SMILES string of the molecule is O=C(NCc1ccc(F)c(F)c1)[C@@H]1Cc2ccccc2N1. The molecule has 0 fully saturated rings. The van der Waals surface area contributed by atoms with E-state index in [-0.39, 0.29) is 18.5 Å². The molecule has 1 atom stereocenters. The molecule has 2 aromatic rings. The van der Waals surface area contributed by atoms with Crippen molar-refractivity contribution >= 4 is 11.6 Å². The van der Waals surface area contributed by atoms with E-state index in [1.165, 1.54) is 6.07 Å². The summed E-state index contributed by atoms with van der Waals surface area (Å²) in [6.07, 6.45) is 0.625. The maximum Gasteiger partial charge on any atom is 0.243 e. The van der Waals surface area contributed by atoms with Gasteiger partial charge in [-0.05, 0) is 29.3 Å². The summed E-state index contributed by atoms with van der Waals surface area (Å²) in [4.78, 5) is 12.1. The van der Waals surface area contributed by atoms with Crippen molar-refractivity contribution in [1.82, 2.24) is 5.32 Å². The zero-order valence-electron chi connectivity index (χ0n) is 11.2. The predicted octanol–water partition coefficient (Wildman–Crippen LogP) is 2.62. The molecule has 1 aliphatic rings. The van der Waals surface area contributed by atoms with E-state index in [1.807, 2.05) is 24.3 Å². The van der Waals surface area contributed by atoms with Gasteiger partial charge in [0.15, 0.2) is 11.6 Å². The summed E-state index contributed by atoms with van der Waals surface area (Å²) in [6, 6.07) is 11.0. The molecule has 0 radical (unpaired) electrons. The lowest BCUT2D eigenvalue weighted by atomic mass is 10.1. The highest BCUT2D eigenvalue weighted by Gasteiger charge is 2.25. The molecular weight excluding hydrogens is 274 g/mol. The number of anilines is 1. The second kappa shape index (κ2) is 5.52. The number of fused-ring (bicyclic) bond motifs is 1. The van der Waals surface area contributed by atoms with Gasteiger partial charge in [-0.15, -0.1) is 0 Å². The van der Waals surface area contributed by atoms with Crippen molar-refractivity contribution in [1.29, 1.82) is 0 Å². The van der Waals surface area contributed by atoms with Crippen molar-refractivity contribution in [2.24, 2.45) is 0 Å². The Balaban J connectivity index is 1.59. The van der Waals surface area contributed by atoms with Gasteiger partial charge in [0.2, 0.25) is 5.91 Å². The van der Waals surface area contributed by atoms with Gasteiger partial charge in [-0.25, -0.2) is 8.78 Å². The average Bonchev–Trinajstić information content (AvgIpc) is 2.92. The first kappa shape index (κ1) is 13.5. The lowest BCUT2D eigenvalue weighted by Crippen LogP contribution is -2.38. The Bertz CT molecular complexity index is 663. The molecule has 5 heteroatoms. The summed E-state index contributed by atoms with van der Waals surface area (Å²) in [6.45, 7) is 0.171. The van der Waals surface area contributed by atoms with Crippen LogP contribution >= 0.6 is 0 Å². The van der Waals surface area contributed by atoms with Crippen molar-refractivity contribution in [2.75, 3.05) is 5.32 Å². The number of amides is 1. The smallest absolute Gasteiger partial charge is 0.243 e. The molecule has 2 aromatic carbocycles. The fourth-order valence-electron chi connectivity index (χ4n) is 2.42. The number of nitrogens with one attached hydrogen (secondary N) is 2. The third-order valence-corrected chi connectivity index (χ3v) is 3.54. The van der Waals surface area contributed by atoms with Crippen LogP contribution in [-0.4, -0.2) is 11.9 Å². The van der Waals surface area contributed by atoms with Crippen LogP contribution in [-0.2, 0) is 17.8 Å².